The van der Waals surface area contributed by atoms with E-state index in [1.165, 1.54) is 16.9 Å². The summed E-state index contributed by atoms with van der Waals surface area (Å²) in [6.45, 7) is 2.06. The summed E-state index contributed by atoms with van der Waals surface area (Å²) in [5, 5.41) is 4.78. The van der Waals surface area contributed by atoms with Crippen LogP contribution in [0.5, 0.6) is 0 Å². The van der Waals surface area contributed by atoms with Crippen molar-refractivity contribution in [1.82, 2.24) is 9.71 Å². The normalized spacial score (nSPS) is 17.2. The van der Waals surface area contributed by atoms with Crippen molar-refractivity contribution in [2.45, 2.75) is 42.9 Å². The van der Waals surface area contributed by atoms with Gasteiger partial charge in [0.15, 0.2) is 0 Å². The molecule has 26 heavy (non-hydrogen) atoms. The summed E-state index contributed by atoms with van der Waals surface area (Å²) in [6.07, 6.45) is 3.73. The van der Waals surface area contributed by atoms with Crippen LogP contribution in [-0.2, 0) is 22.9 Å². The third-order valence-corrected chi connectivity index (χ3v) is 8.52. The summed E-state index contributed by atoms with van der Waals surface area (Å²) in [6, 6.07) is 9.69. The second-order valence-electron chi connectivity index (χ2n) is 6.42. The van der Waals surface area contributed by atoms with Crippen LogP contribution >= 0.6 is 22.7 Å². The Balaban J connectivity index is 1.58. The Morgan fingerprint density at radius 1 is 1.23 bits per heavy atom. The van der Waals surface area contributed by atoms with Gasteiger partial charge in [-0.15, -0.1) is 22.7 Å². The topological polar surface area (TPSA) is 59.1 Å². The number of thiazole rings is 1. The van der Waals surface area contributed by atoms with Crippen molar-refractivity contribution in [2.24, 2.45) is 0 Å². The van der Waals surface area contributed by atoms with Gasteiger partial charge in [-0.2, -0.15) is 0 Å². The number of thiophene rings is 1. The molecule has 1 N–H and O–H groups in total. The first kappa shape index (κ1) is 17.9. The van der Waals surface area contributed by atoms with Crippen LogP contribution in [0.2, 0.25) is 0 Å². The molecule has 1 unspecified atom stereocenters. The number of benzene rings is 1. The number of aryl methyl sites for hydroxylation is 2. The van der Waals surface area contributed by atoms with Crippen LogP contribution < -0.4 is 4.72 Å². The molecule has 136 valence electrons. The van der Waals surface area contributed by atoms with E-state index in [1.54, 1.807) is 17.4 Å². The van der Waals surface area contributed by atoms with E-state index in [-0.39, 0.29) is 6.04 Å². The Hall–Kier alpha value is -1.54. The van der Waals surface area contributed by atoms with Crippen LogP contribution in [0, 0.1) is 0 Å². The van der Waals surface area contributed by atoms with Crippen LogP contribution in [0.25, 0.3) is 10.6 Å². The molecule has 3 aromatic rings. The van der Waals surface area contributed by atoms with Gasteiger partial charge in [0.25, 0.3) is 10.0 Å². The number of rotatable bonds is 5. The molecule has 4 nitrogen and oxygen atoms in total. The highest BCUT2D eigenvalue weighted by molar-refractivity contribution is 7.91. The number of hydrogen-bond acceptors (Lipinski definition) is 5. The van der Waals surface area contributed by atoms with Gasteiger partial charge in [-0.05, 0) is 42.9 Å². The summed E-state index contributed by atoms with van der Waals surface area (Å²) in [4.78, 5) is 4.55. The van der Waals surface area contributed by atoms with Gasteiger partial charge >= 0.3 is 0 Å². The molecule has 1 atom stereocenters. The summed E-state index contributed by atoms with van der Waals surface area (Å²) in [7, 11) is -3.54. The van der Waals surface area contributed by atoms with E-state index in [0.29, 0.717) is 4.21 Å². The summed E-state index contributed by atoms with van der Waals surface area (Å²) >= 11 is 2.81. The van der Waals surface area contributed by atoms with E-state index < -0.39 is 10.0 Å². The van der Waals surface area contributed by atoms with Crippen molar-refractivity contribution in [3.8, 4) is 10.6 Å². The summed E-state index contributed by atoms with van der Waals surface area (Å²) in [5.41, 5.74) is 4.27. The predicted molar refractivity (Wildman–Crippen MR) is 107 cm³/mol. The van der Waals surface area contributed by atoms with Crippen molar-refractivity contribution in [1.29, 1.82) is 0 Å². The number of fused-ring (bicyclic) bond motifs is 1. The lowest BCUT2D eigenvalue weighted by molar-refractivity contribution is 0.508. The quantitative estimate of drug-likeness (QED) is 0.665. The number of sulfonamides is 1. The molecule has 1 aromatic carbocycles. The molecule has 4 rings (SSSR count). The molecule has 0 aliphatic heterocycles. The third kappa shape index (κ3) is 3.49. The van der Waals surface area contributed by atoms with Gasteiger partial charge in [0.1, 0.15) is 9.22 Å². The van der Waals surface area contributed by atoms with Gasteiger partial charge in [0.05, 0.1) is 5.69 Å². The van der Waals surface area contributed by atoms with Gasteiger partial charge in [-0.3, -0.25) is 0 Å². The molecule has 0 radical (unpaired) electrons. The smallest absolute Gasteiger partial charge is 0.241 e. The van der Waals surface area contributed by atoms with Crippen molar-refractivity contribution < 1.29 is 8.42 Å². The number of nitrogens with one attached hydrogen (secondary N) is 1. The molecule has 0 saturated heterocycles. The van der Waals surface area contributed by atoms with Crippen LogP contribution in [0.4, 0.5) is 0 Å². The summed E-state index contributed by atoms with van der Waals surface area (Å²) < 4.78 is 29.1. The van der Waals surface area contributed by atoms with E-state index >= 15 is 0 Å². The van der Waals surface area contributed by atoms with E-state index in [0.717, 1.165) is 47.5 Å². The Morgan fingerprint density at radius 3 is 2.88 bits per heavy atom. The van der Waals surface area contributed by atoms with Gasteiger partial charge < -0.3 is 0 Å². The minimum absolute atomic E-state index is 0.151. The first-order valence-corrected chi connectivity index (χ1v) is 11.9. The van der Waals surface area contributed by atoms with Crippen molar-refractivity contribution >= 4 is 32.7 Å². The highest BCUT2D eigenvalue weighted by Gasteiger charge is 2.26. The van der Waals surface area contributed by atoms with E-state index in [2.05, 4.69) is 22.7 Å². The monoisotopic (exact) mass is 404 g/mol. The maximum atomic E-state index is 12.9. The van der Waals surface area contributed by atoms with Crippen molar-refractivity contribution in [3.63, 3.8) is 0 Å². The number of hydrogen-bond donors (Lipinski definition) is 1. The summed E-state index contributed by atoms with van der Waals surface area (Å²) in [5.74, 6) is 0. The molecule has 0 fully saturated rings. The molecule has 7 heteroatoms. The molecule has 0 bridgehead atoms. The number of nitrogens with zero attached hydrogens (tertiary/aromatic N) is 1. The zero-order valence-corrected chi connectivity index (χ0v) is 16.9. The average molecular weight is 405 g/mol. The SMILES string of the molecule is CCc1csc(-c2csc(S(=O)(=O)NC3CCCc4ccccc43)c2)n1. The highest BCUT2D eigenvalue weighted by Crippen LogP contribution is 2.34. The van der Waals surface area contributed by atoms with Crippen LogP contribution in [0.15, 0.2) is 45.3 Å². The molecule has 0 saturated carbocycles. The fraction of sp³-hybridized carbons (Fsp3) is 0.316. The molecule has 0 amide bonds. The number of aromatic nitrogens is 1. The first-order valence-electron chi connectivity index (χ1n) is 8.70. The zero-order chi connectivity index (χ0) is 18.1. The van der Waals surface area contributed by atoms with Crippen LogP contribution in [-0.4, -0.2) is 13.4 Å². The molecule has 2 aromatic heterocycles. The van der Waals surface area contributed by atoms with Crippen molar-refractivity contribution in [2.75, 3.05) is 0 Å². The van der Waals surface area contributed by atoms with Gasteiger partial charge in [-0.1, -0.05) is 31.2 Å². The molecule has 1 aliphatic carbocycles. The highest BCUT2D eigenvalue weighted by atomic mass is 32.2. The fourth-order valence-corrected chi connectivity index (χ4v) is 6.69. The Kier molecular flexibility index (Phi) is 4.96. The van der Waals surface area contributed by atoms with Crippen LogP contribution in [0.1, 0.15) is 42.6 Å². The average Bonchev–Trinajstić information content (AvgIpc) is 3.31. The zero-order valence-electron chi connectivity index (χ0n) is 14.4. The molecule has 1 aliphatic rings. The Labute approximate surface area is 162 Å². The maximum absolute atomic E-state index is 12.9. The lowest BCUT2D eigenvalue weighted by Crippen LogP contribution is -2.30. The predicted octanol–water partition coefficient (Wildman–Crippen LogP) is 4.79. The Bertz CT molecular complexity index is 1020. The van der Waals surface area contributed by atoms with Gasteiger partial charge in [0.2, 0.25) is 0 Å². The minimum Gasteiger partial charge on any atom is -0.241 e. The second-order valence-corrected chi connectivity index (χ2v) is 10.1. The van der Waals surface area contributed by atoms with Gasteiger partial charge in [-0.25, -0.2) is 18.1 Å². The van der Waals surface area contributed by atoms with E-state index in [1.807, 2.05) is 29.0 Å². The molecule has 0 spiro atoms. The van der Waals surface area contributed by atoms with E-state index in [4.69, 9.17) is 0 Å². The second kappa shape index (κ2) is 7.23. The minimum atomic E-state index is -3.54. The van der Waals surface area contributed by atoms with Gasteiger partial charge in [0, 0.05) is 22.4 Å². The largest absolute Gasteiger partial charge is 0.250 e. The molecular weight excluding hydrogens is 384 g/mol. The molecular formula is C19H20N2O2S3. The fourth-order valence-electron chi connectivity index (χ4n) is 3.29. The lowest BCUT2D eigenvalue weighted by Gasteiger charge is -2.25. The third-order valence-electron chi connectivity index (χ3n) is 4.67. The Morgan fingerprint density at radius 2 is 2.08 bits per heavy atom. The first-order chi connectivity index (χ1) is 12.6. The maximum Gasteiger partial charge on any atom is 0.250 e. The standard InChI is InChI=1S/C19H20N2O2S3/c1-2-15-12-25-19(20-15)14-10-18(24-11-14)26(22,23)21-17-9-5-7-13-6-3-4-8-16(13)17/h3-4,6,8,10-12,17,21H,2,5,7,9H2,1H3. The van der Waals surface area contributed by atoms with E-state index in [9.17, 15) is 8.42 Å². The van der Waals surface area contributed by atoms with Crippen molar-refractivity contribution in [3.05, 3.63) is 57.9 Å². The lowest BCUT2D eigenvalue weighted by atomic mass is 9.88. The van der Waals surface area contributed by atoms with Crippen LogP contribution in [0.3, 0.4) is 0 Å². The molecule has 2 heterocycles.